The highest BCUT2D eigenvalue weighted by Crippen LogP contribution is 2.49. The molecule has 0 aliphatic rings. The predicted octanol–water partition coefficient (Wildman–Crippen LogP) is 3.32. The van der Waals surface area contributed by atoms with E-state index < -0.39 is 7.60 Å². The Balaban J connectivity index is 2.80. The summed E-state index contributed by atoms with van der Waals surface area (Å²) in [6, 6.07) is 7.61. The molecule has 3 nitrogen and oxygen atoms in total. The number of rotatable bonds is 5. The van der Waals surface area contributed by atoms with Crippen LogP contribution in [0.15, 0.2) is 30.8 Å². The molecule has 1 aromatic rings. The highest BCUT2D eigenvalue weighted by Gasteiger charge is 2.21. The molecule has 0 spiro atoms. The number of hydrogen-bond donors (Lipinski definition) is 0. The van der Waals surface area contributed by atoms with Crippen LogP contribution in [0.25, 0.3) is 6.08 Å². The Morgan fingerprint density at radius 1 is 1.27 bits per heavy atom. The average Bonchev–Trinajstić information content (AvgIpc) is 2.30. The molecular formula is C11H15O3P. The van der Waals surface area contributed by atoms with Gasteiger partial charge in [0.05, 0.1) is 6.16 Å². The largest absolute Gasteiger partial charge is 0.334 e. The molecule has 0 N–H and O–H groups in total. The molecular weight excluding hydrogens is 211 g/mol. The van der Waals surface area contributed by atoms with Crippen LogP contribution in [0.3, 0.4) is 0 Å². The van der Waals surface area contributed by atoms with E-state index in [0.29, 0.717) is 0 Å². The first-order chi connectivity index (χ1) is 7.13. The van der Waals surface area contributed by atoms with Crippen LogP contribution in [0.1, 0.15) is 11.1 Å². The Morgan fingerprint density at radius 3 is 2.20 bits per heavy atom. The number of hydrogen-bond acceptors (Lipinski definition) is 3. The van der Waals surface area contributed by atoms with Gasteiger partial charge in [-0.25, -0.2) is 0 Å². The van der Waals surface area contributed by atoms with E-state index in [-0.39, 0.29) is 6.16 Å². The maximum Gasteiger partial charge on any atom is 0.334 e. The fourth-order valence-electron chi connectivity index (χ4n) is 1.19. The van der Waals surface area contributed by atoms with Crippen molar-refractivity contribution in [3.05, 3.63) is 42.0 Å². The summed E-state index contributed by atoms with van der Waals surface area (Å²) < 4.78 is 21.5. The van der Waals surface area contributed by atoms with Crippen LogP contribution >= 0.6 is 7.60 Å². The molecule has 1 aromatic carbocycles. The van der Waals surface area contributed by atoms with Crippen molar-refractivity contribution in [3.8, 4) is 0 Å². The fraction of sp³-hybridized carbons (Fsp3) is 0.273. The molecule has 0 bridgehead atoms. The summed E-state index contributed by atoms with van der Waals surface area (Å²) in [7, 11) is -0.170. The lowest BCUT2D eigenvalue weighted by Gasteiger charge is -2.13. The van der Waals surface area contributed by atoms with Gasteiger partial charge >= 0.3 is 7.60 Å². The molecule has 0 amide bonds. The van der Waals surface area contributed by atoms with Gasteiger partial charge in [-0.05, 0) is 11.1 Å². The third kappa shape index (κ3) is 3.31. The second-order valence-corrected chi connectivity index (χ2v) is 5.35. The summed E-state index contributed by atoms with van der Waals surface area (Å²) in [5, 5.41) is 0. The molecule has 0 atom stereocenters. The second-order valence-electron chi connectivity index (χ2n) is 3.08. The summed E-state index contributed by atoms with van der Waals surface area (Å²) in [6.45, 7) is 3.66. The maximum absolute atomic E-state index is 11.8. The first kappa shape index (κ1) is 12.2. The Morgan fingerprint density at radius 2 is 1.80 bits per heavy atom. The predicted molar refractivity (Wildman–Crippen MR) is 61.9 cm³/mol. The molecule has 0 aromatic heterocycles. The van der Waals surface area contributed by atoms with Gasteiger partial charge in [-0.2, -0.15) is 0 Å². The van der Waals surface area contributed by atoms with E-state index in [1.54, 1.807) is 6.08 Å². The molecule has 0 saturated heterocycles. The van der Waals surface area contributed by atoms with Crippen molar-refractivity contribution in [1.29, 1.82) is 0 Å². The van der Waals surface area contributed by atoms with Gasteiger partial charge in [-0.15, -0.1) is 0 Å². The zero-order chi connectivity index (χ0) is 11.3. The summed E-state index contributed by atoms with van der Waals surface area (Å²) in [4.78, 5) is 0. The van der Waals surface area contributed by atoms with E-state index in [0.717, 1.165) is 11.1 Å². The van der Waals surface area contributed by atoms with E-state index in [9.17, 15) is 4.57 Å². The van der Waals surface area contributed by atoms with Crippen LogP contribution in [0, 0.1) is 0 Å². The summed E-state index contributed by atoms with van der Waals surface area (Å²) in [5.41, 5.74) is 1.95. The Labute approximate surface area is 90.3 Å². The summed E-state index contributed by atoms with van der Waals surface area (Å²) in [6.07, 6.45) is 2.05. The summed E-state index contributed by atoms with van der Waals surface area (Å²) >= 11 is 0. The van der Waals surface area contributed by atoms with Crippen molar-refractivity contribution in [3.63, 3.8) is 0 Å². The van der Waals surface area contributed by atoms with Gasteiger partial charge in [0.25, 0.3) is 0 Å². The Bertz CT molecular complexity index is 362. The van der Waals surface area contributed by atoms with Crippen molar-refractivity contribution >= 4 is 13.7 Å². The molecule has 0 unspecified atom stereocenters. The smallest absolute Gasteiger partial charge is 0.312 e. The van der Waals surface area contributed by atoms with Gasteiger partial charge in [0.2, 0.25) is 0 Å². The van der Waals surface area contributed by atoms with Crippen molar-refractivity contribution < 1.29 is 13.6 Å². The Hall–Kier alpha value is -0.890. The minimum atomic E-state index is -2.95. The van der Waals surface area contributed by atoms with Gasteiger partial charge in [0, 0.05) is 14.2 Å². The minimum absolute atomic E-state index is 0.289. The lowest BCUT2D eigenvalue weighted by Crippen LogP contribution is -1.93. The molecule has 0 saturated carbocycles. The third-order valence-electron chi connectivity index (χ3n) is 2.15. The lowest BCUT2D eigenvalue weighted by atomic mass is 10.1. The summed E-state index contributed by atoms with van der Waals surface area (Å²) in [5.74, 6) is 0. The topological polar surface area (TPSA) is 35.5 Å². The highest BCUT2D eigenvalue weighted by atomic mass is 31.2. The maximum atomic E-state index is 11.8. The quantitative estimate of drug-likeness (QED) is 0.722. The van der Waals surface area contributed by atoms with Crippen LogP contribution in [-0.4, -0.2) is 14.2 Å². The van der Waals surface area contributed by atoms with Crippen LogP contribution < -0.4 is 0 Å². The molecule has 15 heavy (non-hydrogen) atoms. The van der Waals surface area contributed by atoms with Crippen LogP contribution in [0.4, 0.5) is 0 Å². The zero-order valence-electron chi connectivity index (χ0n) is 8.97. The van der Waals surface area contributed by atoms with Crippen molar-refractivity contribution in [1.82, 2.24) is 0 Å². The van der Waals surface area contributed by atoms with E-state index in [1.807, 2.05) is 24.3 Å². The molecule has 0 fully saturated rings. The second kappa shape index (κ2) is 5.26. The van der Waals surface area contributed by atoms with E-state index in [2.05, 4.69) is 6.58 Å². The first-order valence-electron chi connectivity index (χ1n) is 4.55. The first-order valence-corrected chi connectivity index (χ1v) is 6.28. The SMILES string of the molecule is C=Cc1ccc(CP(=O)(OC)OC)cc1. The molecule has 82 valence electrons. The standard InChI is InChI=1S/C11H15O3P/c1-4-10-5-7-11(8-6-10)9-15(12,13-2)14-3/h4-8H,1,9H2,2-3H3. The van der Waals surface area contributed by atoms with Gasteiger partial charge in [-0.1, -0.05) is 36.9 Å². The molecule has 0 aliphatic carbocycles. The Kier molecular flexibility index (Phi) is 4.28. The highest BCUT2D eigenvalue weighted by molar-refractivity contribution is 7.52. The molecule has 0 radical (unpaired) electrons. The van der Waals surface area contributed by atoms with Gasteiger partial charge in [0.1, 0.15) is 0 Å². The molecule has 0 heterocycles. The van der Waals surface area contributed by atoms with Crippen molar-refractivity contribution in [2.45, 2.75) is 6.16 Å². The monoisotopic (exact) mass is 226 g/mol. The van der Waals surface area contributed by atoms with Crippen LogP contribution in [0.2, 0.25) is 0 Å². The van der Waals surface area contributed by atoms with E-state index >= 15 is 0 Å². The minimum Gasteiger partial charge on any atom is -0.312 e. The van der Waals surface area contributed by atoms with E-state index in [4.69, 9.17) is 9.05 Å². The fourth-order valence-corrected chi connectivity index (χ4v) is 2.25. The van der Waals surface area contributed by atoms with Crippen LogP contribution in [0.5, 0.6) is 0 Å². The van der Waals surface area contributed by atoms with Crippen molar-refractivity contribution in [2.24, 2.45) is 0 Å². The number of benzene rings is 1. The van der Waals surface area contributed by atoms with E-state index in [1.165, 1.54) is 14.2 Å². The lowest BCUT2D eigenvalue weighted by molar-refractivity contribution is 0.275. The molecule has 0 aliphatic heterocycles. The normalized spacial score (nSPS) is 11.3. The molecule has 4 heteroatoms. The third-order valence-corrected chi connectivity index (χ3v) is 4.01. The van der Waals surface area contributed by atoms with Crippen LogP contribution in [-0.2, 0) is 19.8 Å². The van der Waals surface area contributed by atoms with Gasteiger partial charge in [-0.3, -0.25) is 4.57 Å². The molecule has 1 rings (SSSR count). The van der Waals surface area contributed by atoms with Gasteiger partial charge in [0.15, 0.2) is 0 Å². The van der Waals surface area contributed by atoms with Crippen molar-refractivity contribution in [2.75, 3.05) is 14.2 Å². The average molecular weight is 226 g/mol. The zero-order valence-corrected chi connectivity index (χ0v) is 9.87. The van der Waals surface area contributed by atoms with Gasteiger partial charge < -0.3 is 9.05 Å².